The molecule has 0 bridgehead atoms. The summed E-state index contributed by atoms with van der Waals surface area (Å²) in [6.07, 6.45) is 0. The topological polar surface area (TPSA) is 161 Å². The van der Waals surface area contributed by atoms with Crippen molar-refractivity contribution >= 4 is 42.4 Å². The van der Waals surface area contributed by atoms with Crippen molar-refractivity contribution < 1.29 is 25.9 Å². The van der Waals surface area contributed by atoms with Gasteiger partial charge in [0.2, 0.25) is 0 Å². The second-order valence-corrected chi connectivity index (χ2v) is 6.79. The van der Waals surface area contributed by atoms with E-state index >= 15 is 0 Å². The zero-order valence-corrected chi connectivity index (χ0v) is 11.4. The van der Waals surface area contributed by atoms with E-state index in [4.69, 9.17) is 20.6 Å². The first-order chi connectivity index (χ1) is 9.03. The van der Waals surface area contributed by atoms with Crippen molar-refractivity contribution in [3.8, 4) is 0 Å². The van der Waals surface area contributed by atoms with Crippen molar-refractivity contribution in [2.45, 2.75) is 9.79 Å². The van der Waals surface area contributed by atoms with Gasteiger partial charge in [0.25, 0.3) is 20.2 Å². The third-order valence-corrected chi connectivity index (χ3v) is 4.52. The molecule has 8 nitrogen and oxygen atoms in total. The molecule has 0 spiro atoms. The summed E-state index contributed by atoms with van der Waals surface area (Å²) in [5, 5.41) is -0.0145. The summed E-state index contributed by atoms with van der Waals surface area (Å²) in [6, 6.07) is 4.73. The molecular weight excluding hydrogens is 308 g/mol. The van der Waals surface area contributed by atoms with Crippen LogP contribution in [0.1, 0.15) is 0 Å². The lowest BCUT2D eigenvalue weighted by Gasteiger charge is -2.12. The molecule has 2 aromatic rings. The maximum atomic E-state index is 11.3. The van der Waals surface area contributed by atoms with Gasteiger partial charge in [-0.15, -0.1) is 0 Å². The molecule has 6 N–H and O–H groups in total. The third-order valence-electron chi connectivity index (χ3n) is 2.73. The quantitative estimate of drug-likeness (QED) is 0.459. The summed E-state index contributed by atoms with van der Waals surface area (Å²) >= 11 is 0. The molecule has 0 aromatic heterocycles. The number of rotatable bonds is 2. The molecule has 2 rings (SSSR count). The van der Waals surface area contributed by atoms with Gasteiger partial charge in [-0.05, 0) is 17.5 Å². The van der Waals surface area contributed by atoms with Crippen LogP contribution in [0.2, 0.25) is 0 Å². The van der Waals surface area contributed by atoms with Gasteiger partial charge >= 0.3 is 0 Å². The molecule has 2 aromatic carbocycles. The van der Waals surface area contributed by atoms with Gasteiger partial charge in [0, 0.05) is 5.39 Å². The normalized spacial score (nSPS) is 12.7. The Kier molecular flexibility index (Phi) is 3.13. The first kappa shape index (κ1) is 14.5. The second-order valence-electron chi connectivity index (χ2n) is 4.01. The van der Waals surface area contributed by atoms with Crippen LogP contribution in [0.25, 0.3) is 10.8 Å². The van der Waals surface area contributed by atoms with E-state index in [0.29, 0.717) is 0 Å². The van der Waals surface area contributed by atoms with E-state index < -0.39 is 35.7 Å². The van der Waals surface area contributed by atoms with E-state index in [0.717, 1.165) is 12.1 Å². The minimum Gasteiger partial charge on any atom is -0.396 e. The van der Waals surface area contributed by atoms with E-state index in [1.165, 1.54) is 12.1 Å². The highest BCUT2D eigenvalue weighted by molar-refractivity contribution is 7.86. The number of nitrogen functional groups attached to an aromatic ring is 2. The molecule has 108 valence electrons. The maximum Gasteiger partial charge on any atom is 0.296 e. The summed E-state index contributed by atoms with van der Waals surface area (Å²) < 4.78 is 63.1. The Balaban J connectivity index is 3.07. The number of hydrogen-bond donors (Lipinski definition) is 4. The summed E-state index contributed by atoms with van der Waals surface area (Å²) in [5.41, 5.74) is 10.3. The molecule has 10 heteroatoms. The highest BCUT2D eigenvalue weighted by Crippen LogP contribution is 2.36. The average Bonchev–Trinajstić information content (AvgIpc) is 2.30. The highest BCUT2D eigenvalue weighted by atomic mass is 32.2. The lowest BCUT2D eigenvalue weighted by molar-refractivity contribution is 0.482. The molecule has 0 aliphatic heterocycles. The van der Waals surface area contributed by atoms with E-state index in [-0.39, 0.29) is 16.5 Å². The molecular formula is C10H10N2O6S2. The molecule has 0 aliphatic carbocycles. The number of fused-ring (bicyclic) bond motifs is 1. The van der Waals surface area contributed by atoms with Gasteiger partial charge in [-0.2, -0.15) is 16.8 Å². The predicted octanol–water partition coefficient (Wildman–Crippen LogP) is 0.498. The molecule has 0 saturated carbocycles. The Bertz CT molecular complexity index is 918. The molecule has 0 aliphatic rings. The van der Waals surface area contributed by atoms with Crippen molar-refractivity contribution in [2.75, 3.05) is 11.5 Å². The predicted molar refractivity (Wildman–Crippen MR) is 72.4 cm³/mol. The van der Waals surface area contributed by atoms with Crippen LogP contribution in [-0.2, 0) is 20.2 Å². The van der Waals surface area contributed by atoms with Gasteiger partial charge in [-0.1, -0.05) is 12.1 Å². The first-order valence-electron chi connectivity index (χ1n) is 5.09. The van der Waals surface area contributed by atoms with Crippen LogP contribution in [0.4, 0.5) is 11.4 Å². The van der Waals surface area contributed by atoms with E-state index in [9.17, 15) is 16.8 Å². The van der Waals surface area contributed by atoms with Crippen LogP contribution in [0.15, 0.2) is 34.1 Å². The minimum absolute atomic E-state index is 0.0967. The third kappa shape index (κ3) is 2.29. The fourth-order valence-corrected chi connectivity index (χ4v) is 3.27. The van der Waals surface area contributed by atoms with Crippen LogP contribution in [0, 0.1) is 0 Å². The van der Waals surface area contributed by atoms with E-state index in [2.05, 4.69) is 0 Å². The first-order valence-corrected chi connectivity index (χ1v) is 7.97. The van der Waals surface area contributed by atoms with Crippen LogP contribution < -0.4 is 11.5 Å². The molecule has 0 fully saturated rings. The Labute approximate surface area is 114 Å². The Morgan fingerprint density at radius 3 is 1.90 bits per heavy atom. The summed E-state index contributed by atoms with van der Waals surface area (Å²) in [6.45, 7) is 0. The lowest BCUT2D eigenvalue weighted by atomic mass is 10.1. The number of benzene rings is 2. The molecule has 0 amide bonds. The van der Waals surface area contributed by atoms with Crippen molar-refractivity contribution in [1.29, 1.82) is 0 Å². The van der Waals surface area contributed by atoms with E-state index in [1.54, 1.807) is 0 Å². The highest BCUT2D eigenvalue weighted by Gasteiger charge is 2.22. The van der Waals surface area contributed by atoms with Crippen molar-refractivity contribution in [3.05, 3.63) is 24.3 Å². The van der Waals surface area contributed by atoms with Gasteiger partial charge in [-0.25, -0.2) is 0 Å². The van der Waals surface area contributed by atoms with Gasteiger partial charge in [-0.3, -0.25) is 9.11 Å². The lowest BCUT2D eigenvalue weighted by Crippen LogP contribution is -2.08. The Hall–Kier alpha value is -1.88. The van der Waals surface area contributed by atoms with Crippen LogP contribution in [-0.4, -0.2) is 25.9 Å². The Morgan fingerprint density at radius 2 is 1.40 bits per heavy atom. The SMILES string of the molecule is Nc1c(S(=O)(=O)O)cc2cccc(S(=O)(=O)O)c2c1N. The standard InChI is InChI=1S/C10H10N2O6S2/c11-9-7(20(16,17)18)4-5-2-1-3-6(19(13,14)15)8(5)10(9)12/h1-4H,11-12H2,(H,13,14,15)(H,16,17,18). The molecule has 20 heavy (non-hydrogen) atoms. The van der Waals surface area contributed by atoms with Crippen LogP contribution in [0.5, 0.6) is 0 Å². The fraction of sp³-hybridized carbons (Fsp3) is 0. The molecule has 0 heterocycles. The minimum atomic E-state index is -4.61. The van der Waals surface area contributed by atoms with Gasteiger partial charge < -0.3 is 11.5 Å². The number of hydrogen-bond acceptors (Lipinski definition) is 6. The molecule has 0 radical (unpaired) electrons. The Morgan fingerprint density at radius 1 is 0.850 bits per heavy atom. The molecule has 0 unspecified atom stereocenters. The van der Waals surface area contributed by atoms with Gasteiger partial charge in [0.05, 0.1) is 11.4 Å². The fourth-order valence-electron chi connectivity index (χ4n) is 1.87. The molecule has 0 atom stereocenters. The zero-order chi connectivity index (χ0) is 15.3. The summed E-state index contributed by atoms with van der Waals surface area (Å²) in [7, 11) is -9.18. The van der Waals surface area contributed by atoms with Crippen molar-refractivity contribution in [3.63, 3.8) is 0 Å². The van der Waals surface area contributed by atoms with Crippen molar-refractivity contribution in [1.82, 2.24) is 0 Å². The van der Waals surface area contributed by atoms with Gasteiger partial charge in [0.15, 0.2) is 0 Å². The van der Waals surface area contributed by atoms with Crippen molar-refractivity contribution in [2.24, 2.45) is 0 Å². The smallest absolute Gasteiger partial charge is 0.296 e. The van der Waals surface area contributed by atoms with Gasteiger partial charge in [0.1, 0.15) is 9.79 Å². The number of nitrogens with two attached hydrogens (primary N) is 2. The largest absolute Gasteiger partial charge is 0.396 e. The van der Waals surface area contributed by atoms with E-state index in [1.807, 2.05) is 0 Å². The second kappa shape index (κ2) is 4.31. The monoisotopic (exact) mass is 318 g/mol. The zero-order valence-electron chi connectivity index (χ0n) is 9.81. The van der Waals surface area contributed by atoms with Crippen LogP contribution in [0.3, 0.4) is 0 Å². The maximum absolute atomic E-state index is 11.3. The summed E-state index contributed by atoms with van der Waals surface area (Å²) in [5.74, 6) is 0. The average molecular weight is 318 g/mol. The summed E-state index contributed by atoms with van der Waals surface area (Å²) in [4.78, 5) is -1.13. The van der Waals surface area contributed by atoms with Crippen LogP contribution >= 0.6 is 0 Å². The number of anilines is 2. The molecule has 0 saturated heterocycles.